The fourth-order valence-electron chi connectivity index (χ4n) is 2.86. The standard InChI is InChI=1S/C17H23N/c1-8-15-11(4)13(6)16-12(5)9(2)10(3)14(7)17(16)18-15/h8H2,1-7H3. The molecule has 96 valence electrons. The smallest absolute Gasteiger partial charge is 0.0742 e. The second-order valence-electron chi connectivity index (χ2n) is 5.39. The minimum Gasteiger partial charge on any atom is -0.252 e. The molecule has 0 aliphatic heterocycles. The Morgan fingerprint density at radius 2 is 1.17 bits per heavy atom. The summed E-state index contributed by atoms with van der Waals surface area (Å²) in [6, 6.07) is 0. The van der Waals surface area contributed by atoms with Crippen molar-refractivity contribution in [2.24, 2.45) is 0 Å². The topological polar surface area (TPSA) is 12.9 Å². The zero-order chi connectivity index (χ0) is 13.6. The Balaban J connectivity index is 3.07. The first kappa shape index (κ1) is 13.1. The second kappa shape index (κ2) is 4.38. The summed E-state index contributed by atoms with van der Waals surface area (Å²) in [7, 11) is 0. The monoisotopic (exact) mass is 241 g/mol. The molecule has 1 aromatic carbocycles. The Hall–Kier alpha value is -1.37. The lowest BCUT2D eigenvalue weighted by Crippen LogP contribution is -2.03. The van der Waals surface area contributed by atoms with Crippen LogP contribution in [0.5, 0.6) is 0 Å². The Morgan fingerprint density at radius 1 is 0.667 bits per heavy atom. The zero-order valence-electron chi connectivity index (χ0n) is 12.7. The molecule has 0 saturated carbocycles. The molecule has 1 heteroatoms. The maximum Gasteiger partial charge on any atom is 0.0742 e. The van der Waals surface area contributed by atoms with Crippen LogP contribution in [0.3, 0.4) is 0 Å². The van der Waals surface area contributed by atoms with E-state index in [0.717, 1.165) is 6.42 Å². The maximum absolute atomic E-state index is 4.92. The lowest BCUT2D eigenvalue weighted by Gasteiger charge is -2.18. The molecule has 2 aromatic rings. The maximum atomic E-state index is 4.92. The molecule has 0 N–H and O–H groups in total. The van der Waals surface area contributed by atoms with Crippen molar-refractivity contribution in [3.63, 3.8) is 0 Å². The van der Waals surface area contributed by atoms with Crippen molar-refractivity contribution < 1.29 is 0 Å². The highest BCUT2D eigenvalue weighted by molar-refractivity contribution is 5.91. The van der Waals surface area contributed by atoms with Crippen LogP contribution >= 0.6 is 0 Å². The summed E-state index contributed by atoms with van der Waals surface area (Å²) in [5.41, 5.74) is 10.7. The van der Waals surface area contributed by atoms with Crippen LogP contribution < -0.4 is 0 Å². The lowest BCUT2D eigenvalue weighted by atomic mass is 9.90. The lowest BCUT2D eigenvalue weighted by molar-refractivity contribution is 1.01. The third-order valence-electron chi connectivity index (χ3n) is 4.61. The van der Waals surface area contributed by atoms with E-state index >= 15 is 0 Å². The van der Waals surface area contributed by atoms with E-state index in [4.69, 9.17) is 4.98 Å². The molecular formula is C17H23N. The van der Waals surface area contributed by atoms with Gasteiger partial charge in [-0.3, -0.25) is 4.98 Å². The summed E-state index contributed by atoms with van der Waals surface area (Å²) in [5.74, 6) is 0. The minimum atomic E-state index is 1.01. The van der Waals surface area contributed by atoms with E-state index in [1.54, 1.807) is 0 Å². The van der Waals surface area contributed by atoms with Crippen molar-refractivity contribution in [1.82, 2.24) is 4.98 Å². The number of rotatable bonds is 1. The van der Waals surface area contributed by atoms with E-state index in [1.807, 2.05) is 0 Å². The first-order valence-corrected chi connectivity index (χ1v) is 6.76. The quantitative estimate of drug-likeness (QED) is 0.708. The van der Waals surface area contributed by atoms with Crippen LogP contribution in [0.4, 0.5) is 0 Å². The van der Waals surface area contributed by atoms with Gasteiger partial charge in [0.25, 0.3) is 0 Å². The molecule has 0 amide bonds. The summed E-state index contributed by atoms with van der Waals surface area (Å²) in [4.78, 5) is 4.92. The van der Waals surface area contributed by atoms with E-state index in [-0.39, 0.29) is 0 Å². The molecular weight excluding hydrogens is 218 g/mol. The van der Waals surface area contributed by atoms with Crippen molar-refractivity contribution in [3.05, 3.63) is 39.1 Å². The summed E-state index contributed by atoms with van der Waals surface area (Å²) >= 11 is 0. The summed E-state index contributed by atoms with van der Waals surface area (Å²) in [6.45, 7) is 15.5. The first-order valence-electron chi connectivity index (χ1n) is 6.76. The van der Waals surface area contributed by atoms with Gasteiger partial charge in [-0.1, -0.05) is 6.92 Å². The molecule has 0 radical (unpaired) electrons. The predicted molar refractivity (Wildman–Crippen MR) is 79.5 cm³/mol. The Labute approximate surface area is 110 Å². The number of aryl methyl sites for hydroxylation is 4. The van der Waals surface area contributed by atoms with Crippen LogP contribution in [0.15, 0.2) is 0 Å². The average Bonchev–Trinajstić information content (AvgIpc) is 2.36. The van der Waals surface area contributed by atoms with Crippen LogP contribution in [-0.2, 0) is 6.42 Å². The summed E-state index contributed by atoms with van der Waals surface area (Å²) < 4.78 is 0. The van der Waals surface area contributed by atoms with Gasteiger partial charge < -0.3 is 0 Å². The number of fused-ring (bicyclic) bond motifs is 1. The Kier molecular flexibility index (Phi) is 3.18. The number of hydrogen-bond acceptors (Lipinski definition) is 1. The zero-order valence-corrected chi connectivity index (χ0v) is 12.7. The van der Waals surface area contributed by atoms with Gasteiger partial charge in [-0.25, -0.2) is 0 Å². The van der Waals surface area contributed by atoms with Gasteiger partial charge in [-0.2, -0.15) is 0 Å². The molecule has 0 atom stereocenters. The third-order valence-corrected chi connectivity index (χ3v) is 4.61. The summed E-state index contributed by atoms with van der Waals surface area (Å²) in [5, 5.41) is 1.37. The van der Waals surface area contributed by atoms with E-state index in [2.05, 4.69) is 48.5 Å². The van der Waals surface area contributed by atoms with Gasteiger partial charge in [0, 0.05) is 11.1 Å². The predicted octanol–water partition coefficient (Wildman–Crippen LogP) is 4.65. The normalized spacial score (nSPS) is 11.3. The Morgan fingerprint density at radius 3 is 1.72 bits per heavy atom. The number of aromatic nitrogens is 1. The molecule has 0 unspecified atom stereocenters. The molecule has 0 bridgehead atoms. The van der Waals surface area contributed by atoms with Crippen molar-refractivity contribution in [1.29, 1.82) is 0 Å². The average molecular weight is 241 g/mol. The van der Waals surface area contributed by atoms with Gasteiger partial charge in [0.1, 0.15) is 0 Å². The van der Waals surface area contributed by atoms with E-state index < -0.39 is 0 Å². The van der Waals surface area contributed by atoms with Crippen molar-refractivity contribution >= 4 is 10.9 Å². The molecule has 1 nitrogen and oxygen atoms in total. The van der Waals surface area contributed by atoms with Crippen molar-refractivity contribution in [2.45, 2.75) is 54.9 Å². The van der Waals surface area contributed by atoms with Crippen molar-refractivity contribution in [3.8, 4) is 0 Å². The van der Waals surface area contributed by atoms with Crippen LogP contribution in [-0.4, -0.2) is 4.98 Å². The third kappa shape index (κ3) is 1.65. The number of pyridine rings is 1. The molecule has 0 spiro atoms. The van der Waals surface area contributed by atoms with E-state index in [0.29, 0.717) is 0 Å². The fourth-order valence-corrected chi connectivity index (χ4v) is 2.86. The molecule has 0 aliphatic carbocycles. The first-order chi connectivity index (χ1) is 8.40. The molecule has 18 heavy (non-hydrogen) atoms. The molecule has 0 saturated heterocycles. The van der Waals surface area contributed by atoms with Crippen molar-refractivity contribution in [2.75, 3.05) is 0 Å². The molecule has 1 aromatic heterocycles. The number of nitrogens with zero attached hydrogens (tertiary/aromatic N) is 1. The van der Waals surface area contributed by atoms with Gasteiger partial charge in [0.2, 0.25) is 0 Å². The number of benzene rings is 1. The molecule has 1 heterocycles. The van der Waals surface area contributed by atoms with Gasteiger partial charge >= 0.3 is 0 Å². The highest BCUT2D eigenvalue weighted by Crippen LogP contribution is 2.32. The van der Waals surface area contributed by atoms with Gasteiger partial charge in [-0.15, -0.1) is 0 Å². The van der Waals surface area contributed by atoms with Crippen LogP contribution in [0.2, 0.25) is 0 Å². The van der Waals surface area contributed by atoms with Crippen LogP contribution in [0.25, 0.3) is 10.9 Å². The van der Waals surface area contributed by atoms with Gasteiger partial charge in [0.05, 0.1) is 5.52 Å². The Bertz CT molecular complexity index is 636. The van der Waals surface area contributed by atoms with Gasteiger partial charge in [0.15, 0.2) is 0 Å². The summed E-state index contributed by atoms with van der Waals surface area (Å²) in [6.07, 6.45) is 1.01. The molecule has 2 rings (SSSR count). The fraction of sp³-hybridized carbons (Fsp3) is 0.471. The highest BCUT2D eigenvalue weighted by atomic mass is 14.7. The van der Waals surface area contributed by atoms with Crippen LogP contribution in [0, 0.1) is 41.5 Å². The minimum absolute atomic E-state index is 1.01. The molecule has 0 aliphatic rings. The largest absolute Gasteiger partial charge is 0.252 e. The van der Waals surface area contributed by atoms with E-state index in [1.165, 1.54) is 50.0 Å². The highest BCUT2D eigenvalue weighted by Gasteiger charge is 2.15. The van der Waals surface area contributed by atoms with Gasteiger partial charge in [-0.05, 0) is 81.3 Å². The van der Waals surface area contributed by atoms with E-state index in [9.17, 15) is 0 Å². The SMILES string of the molecule is CCc1nc2c(C)c(C)c(C)c(C)c2c(C)c1C. The van der Waals surface area contributed by atoms with Crippen LogP contribution in [0.1, 0.15) is 46.0 Å². The number of hydrogen-bond donors (Lipinski definition) is 0. The molecule has 0 fully saturated rings. The second-order valence-corrected chi connectivity index (χ2v) is 5.39.